The molecule has 0 amide bonds. The number of nitriles is 1. The second-order valence-electron chi connectivity index (χ2n) is 8.51. The average Bonchev–Trinajstić information content (AvgIpc) is 3.38. The average molecular weight is 475 g/mol. The van der Waals surface area contributed by atoms with Crippen LogP contribution in [-0.2, 0) is 13.2 Å². The Morgan fingerprint density at radius 2 is 2.00 bits per heavy atom. The molecule has 2 aliphatic heterocycles. The first-order valence-electron chi connectivity index (χ1n) is 10.6. The molecule has 2 fully saturated rings. The van der Waals surface area contributed by atoms with E-state index >= 15 is 0 Å². The number of nitrogens with zero attached hydrogens (tertiary/aromatic N) is 6. The normalized spacial score (nSPS) is 20.8. The molecule has 5 heterocycles. The summed E-state index contributed by atoms with van der Waals surface area (Å²) >= 11 is 1.42. The topological polar surface area (TPSA) is 78.1 Å². The number of rotatable bonds is 2. The molecule has 11 heteroatoms. The Labute approximate surface area is 191 Å². The fourth-order valence-corrected chi connectivity index (χ4v) is 5.97. The van der Waals surface area contributed by atoms with Crippen molar-refractivity contribution in [1.29, 1.82) is 5.26 Å². The lowest BCUT2D eigenvalue weighted by molar-refractivity contribution is -0.141. The maximum atomic E-state index is 13.1. The molecular weight excluding hydrogens is 453 g/mol. The molecule has 0 N–H and O–H groups in total. The van der Waals surface area contributed by atoms with E-state index in [0.29, 0.717) is 43.1 Å². The van der Waals surface area contributed by atoms with Crippen LogP contribution in [0.25, 0.3) is 10.3 Å². The molecule has 33 heavy (non-hydrogen) atoms. The molecule has 3 aromatic rings. The largest absolute Gasteiger partial charge is 0.433 e. The molecule has 0 bridgehead atoms. The Morgan fingerprint density at radius 3 is 2.73 bits per heavy atom. The van der Waals surface area contributed by atoms with Gasteiger partial charge in [-0.3, -0.25) is 4.79 Å². The highest BCUT2D eigenvalue weighted by atomic mass is 32.1. The Bertz CT molecular complexity index is 1340. The molecule has 2 aliphatic rings. The van der Waals surface area contributed by atoms with E-state index in [9.17, 15) is 23.2 Å². The third-order valence-corrected chi connectivity index (χ3v) is 7.63. The first-order valence-corrected chi connectivity index (χ1v) is 11.5. The molecule has 3 aromatic heterocycles. The van der Waals surface area contributed by atoms with Gasteiger partial charge in [-0.15, -0.1) is 11.3 Å². The standard InChI is InChI=1S/C22H21F3N6OS/c1-12-27-18-19(14(10-26)20(32)29(2)21(18)33-12)30-8-7-15-13(11-30)6-9-31(15)17-5-3-4-16(28-17)22(23,24)25/h3-5,13,15H,6-9,11H2,1-2H3/t13-,15+/m1/s1. The second-order valence-corrected chi connectivity index (χ2v) is 9.69. The quantitative estimate of drug-likeness (QED) is 0.564. The van der Waals surface area contributed by atoms with Crippen molar-refractivity contribution >= 4 is 33.2 Å². The van der Waals surface area contributed by atoms with E-state index < -0.39 is 11.9 Å². The van der Waals surface area contributed by atoms with Gasteiger partial charge in [-0.25, -0.2) is 9.97 Å². The molecule has 2 saturated heterocycles. The number of hydrogen-bond donors (Lipinski definition) is 0. The van der Waals surface area contributed by atoms with Gasteiger partial charge in [0.2, 0.25) is 0 Å². The number of aryl methyl sites for hydroxylation is 2. The molecule has 172 valence electrons. The maximum Gasteiger partial charge on any atom is 0.433 e. The molecule has 0 saturated carbocycles. The third-order valence-electron chi connectivity index (χ3n) is 6.58. The highest BCUT2D eigenvalue weighted by Crippen LogP contribution is 2.39. The second kappa shape index (κ2) is 7.73. The predicted molar refractivity (Wildman–Crippen MR) is 120 cm³/mol. The zero-order valence-electron chi connectivity index (χ0n) is 18.1. The van der Waals surface area contributed by atoms with Crippen molar-refractivity contribution in [3.63, 3.8) is 0 Å². The fourth-order valence-electron chi connectivity index (χ4n) is 5.10. The van der Waals surface area contributed by atoms with Gasteiger partial charge in [-0.1, -0.05) is 6.07 Å². The number of pyridine rings is 2. The van der Waals surface area contributed by atoms with E-state index in [1.165, 1.54) is 22.0 Å². The lowest BCUT2D eigenvalue weighted by Crippen LogP contribution is -2.47. The minimum absolute atomic E-state index is 0.0574. The van der Waals surface area contributed by atoms with Gasteiger partial charge in [0.15, 0.2) is 0 Å². The van der Waals surface area contributed by atoms with Gasteiger partial charge < -0.3 is 14.4 Å². The SMILES string of the molecule is Cc1nc2c(N3CC[C@H]4[C@H](CCN4c4cccc(C(F)(F)F)n4)C3)c(C#N)c(=O)n(C)c2s1. The van der Waals surface area contributed by atoms with Crippen molar-refractivity contribution in [1.82, 2.24) is 14.5 Å². The summed E-state index contributed by atoms with van der Waals surface area (Å²) in [5.41, 5.74) is 0.0918. The van der Waals surface area contributed by atoms with Gasteiger partial charge >= 0.3 is 6.18 Å². The first-order chi connectivity index (χ1) is 15.7. The van der Waals surface area contributed by atoms with E-state index in [2.05, 4.69) is 20.9 Å². The van der Waals surface area contributed by atoms with Crippen molar-refractivity contribution in [3.8, 4) is 6.07 Å². The van der Waals surface area contributed by atoms with E-state index in [0.717, 1.165) is 22.3 Å². The Hall–Kier alpha value is -3.13. The highest BCUT2D eigenvalue weighted by molar-refractivity contribution is 7.18. The molecule has 0 radical (unpaired) electrons. The van der Waals surface area contributed by atoms with Crippen LogP contribution in [0.1, 0.15) is 29.1 Å². The number of fused-ring (bicyclic) bond motifs is 2. The zero-order valence-corrected chi connectivity index (χ0v) is 18.9. The fraction of sp³-hybridized carbons (Fsp3) is 0.455. The van der Waals surface area contributed by atoms with Crippen LogP contribution in [0.2, 0.25) is 0 Å². The first kappa shape index (κ1) is 21.7. The molecule has 5 rings (SSSR count). The van der Waals surface area contributed by atoms with Gasteiger partial charge in [0.1, 0.15) is 33.5 Å². The molecular formula is C22H21F3N6OS. The van der Waals surface area contributed by atoms with Crippen LogP contribution in [-0.4, -0.2) is 40.2 Å². The van der Waals surface area contributed by atoms with Gasteiger partial charge in [0.05, 0.1) is 10.7 Å². The Morgan fingerprint density at radius 1 is 1.21 bits per heavy atom. The van der Waals surface area contributed by atoms with Crippen LogP contribution in [0.3, 0.4) is 0 Å². The minimum Gasteiger partial charge on any atom is -0.368 e. The summed E-state index contributed by atoms with van der Waals surface area (Å²) in [6.45, 7) is 3.66. The van der Waals surface area contributed by atoms with Gasteiger partial charge in [-0.2, -0.15) is 18.4 Å². The minimum atomic E-state index is -4.48. The van der Waals surface area contributed by atoms with E-state index in [4.69, 9.17) is 0 Å². The number of halogens is 3. The Balaban J connectivity index is 1.47. The number of thiazole rings is 1. The van der Waals surface area contributed by atoms with Crippen molar-refractivity contribution in [2.75, 3.05) is 29.4 Å². The van der Waals surface area contributed by atoms with Crippen molar-refractivity contribution in [3.05, 3.63) is 44.8 Å². The summed E-state index contributed by atoms with van der Waals surface area (Å²) < 4.78 is 40.9. The van der Waals surface area contributed by atoms with Gasteiger partial charge in [0, 0.05) is 32.7 Å². The van der Waals surface area contributed by atoms with E-state index in [1.807, 2.05) is 11.8 Å². The summed E-state index contributed by atoms with van der Waals surface area (Å²) in [6, 6.07) is 6.15. The molecule has 0 unspecified atom stereocenters. The van der Waals surface area contributed by atoms with E-state index in [-0.39, 0.29) is 23.1 Å². The highest BCUT2D eigenvalue weighted by Gasteiger charge is 2.41. The molecule has 7 nitrogen and oxygen atoms in total. The molecule has 0 aliphatic carbocycles. The van der Waals surface area contributed by atoms with Crippen LogP contribution in [0.4, 0.5) is 24.7 Å². The summed E-state index contributed by atoms with van der Waals surface area (Å²) in [5.74, 6) is 0.523. The van der Waals surface area contributed by atoms with Gasteiger partial charge in [-0.05, 0) is 37.8 Å². The zero-order chi connectivity index (χ0) is 23.5. The van der Waals surface area contributed by atoms with Crippen LogP contribution in [0.15, 0.2) is 23.0 Å². The summed E-state index contributed by atoms with van der Waals surface area (Å²) in [7, 11) is 1.65. The van der Waals surface area contributed by atoms with Crippen LogP contribution < -0.4 is 15.4 Å². The lowest BCUT2D eigenvalue weighted by atomic mass is 9.92. The molecule has 2 atom stereocenters. The molecule has 0 spiro atoms. The lowest BCUT2D eigenvalue weighted by Gasteiger charge is -2.39. The van der Waals surface area contributed by atoms with Crippen molar-refractivity contribution < 1.29 is 13.2 Å². The maximum absolute atomic E-state index is 13.1. The number of anilines is 2. The van der Waals surface area contributed by atoms with Crippen LogP contribution in [0.5, 0.6) is 0 Å². The third kappa shape index (κ3) is 3.53. The monoisotopic (exact) mass is 474 g/mol. The number of aromatic nitrogens is 3. The van der Waals surface area contributed by atoms with Crippen molar-refractivity contribution in [2.24, 2.45) is 13.0 Å². The smallest absolute Gasteiger partial charge is 0.368 e. The summed E-state index contributed by atoms with van der Waals surface area (Å²) in [6.07, 6.45) is -3.00. The van der Waals surface area contributed by atoms with Gasteiger partial charge in [0.25, 0.3) is 5.56 Å². The number of piperidine rings is 1. The summed E-state index contributed by atoms with van der Waals surface area (Å²) in [5, 5.41) is 10.6. The van der Waals surface area contributed by atoms with Crippen LogP contribution in [0, 0.1) is 24.2 Å². The molecule has 0 aromatic carbocycles. The summed E-state index contributed by atoms with van der Waals surface area (Å²) in [4.78, 5) is 26.1. The number of alkyl halides is 3. The van der Waals surface area contributed by atoms with Crippen molar-refractivity contribution in [2.45, 2.75) is 32.0 Å². The van der Waals surface area contributed by atoms with Crippen LogP contribution >= 0.6 is 11.3 Å². The predicted octanol–water partition coefficient (Wildman–Crippen LogP) is 3.69. The Kier molecular flexibility index (Phi) is 5.08. The van der Waals surface area contributed by atoms with E-state index in [1.54, 1.807) is 13.1 Å². The number of hydrogen-bond acceptors (Lipinski definition) is 7.